The maximum atomic E-state index is 13.5. The van der Waals surface area contributed by atoms with E-state index in [4.69, 9.17) is 27.9 Å². The zero-order valence-electron chi connectivity index (χ0n) is 25.8. The second kappa shape index (κ2) is 14.8. The molecule has 0 radical (unpaired) electrons. The van der Waals surface area contributed by atoms with Gasteiger partial charge in [-0.3, -0.25) is 14.8 Å². The molecule has 0 heterocycles. The minimum Gasteiger partial charge on any atom is -0.492 e. The average molecular weight is 605 g/mol. The maximum absolute atomic E-state index is 13.5. The number of hydrazine groups is 2. The Kier molecular flexibility index (Phi) is 11.5. The van der Waals surface area contributed by atoms with E-state index in [9.17, 15) is 4.79 Å². The Morgan fingerprint density at radius 1 is 1.05 bits per heavy atom. The van der Waals surface area contributed by atoms with Crippen molar-refractivity contribution in [2.75, 3.05) is 40.0 Å². The molecule has 0 fully saturated rings. The minimum atomic E-state index is -0.308. The Morgan fingerprint density at radius 3 is 2.33 bits per heavy atom. The Hall–Kier alpha value is -4.16. The van der Waals surface area contributed by atoms with Gasteiger partial charge in [0.15, 0.2) is 5.75 Å². The first-order valence-electron chi connectivity index (χ1n) is 13.8. The smallest absolute Gasteiger partial charge is 0.255 e. The summed E-state index contributed by atoms with van der Waals surface area (Å²) in [5.74, 6) is 13.0. The number of carbonyl (C=O) groups is 1. The summed E-state index contributed by atoms with van der Waals surface area (Å²) in [7, 11) is 1.58. The first kappa shape index (κ1) is 33.3. The van der Waals surface area contributed by atoms with Gasteiger partial charge in [0.2, 0.25) is 0 Å². The lowest BCUT2D eigenvalue weighted by Crippen LogP contribution is -2.32. The molecule has 10 nitrogen and oxygen atoms in total. The number of nitrogens with two attached hydrogens (primary N) is 4. The molecule has 3 rings (SSSR count). The molecule has 11 heteroatoms. The third-order valence-electron chi connectivity index (χ3n) is 6.73. The lowest BCUT2D eigenvalue weighted by Gasteiger charge is -2.24. The van der Waals surface area contributed by atoms with Crippen LogP contribution in [0.3, 0.4) is 0 Å². The lowest BCUT2D eigenvalue weighted by molar-refractivity contribution is 0.102. The number of ether oxygens (including phenoxy) is 1. The van der Waals surface area contributed by atoms with Crippen molar-refractivity contribution in [2.24, 2.45) is 23.2 Å². The summed E-state index contributed by atoms with van der Waals surface area (Å²) in [6.07, 6.45) is 5.75. The molecule has 0 atom stereocenters. The number of methoxy groups -OCH3 is 1. The fraction of sp³-hybridized carbons (Fsp3) is 0.281. The second-order valence-corrected chi connectivity index (χ2v) is 11.6. The fourth-order valence-electron chi connectivity index (χ4n) is 4.41. The van der Waals surface area contributed by atoms with Gasteiger partial charge in [-0.05, 0) is 72.5 Å². The summed E-state index contributed by atoms with van der Waals surface area (Å²) in [4.78, 5) is 13.5. The van der Waals surface area contributed by atoms with Gasteiger partial charge < -0.3 is 26.2 Å². The van der Waals surface area contributed by atoms with Crippen LogP contribution < -0.4 is 47.9 Å². The molecule has 10 N–H and O–H groups in total. The van der Waals surface area contributed by atoms with Crippen molar-refractivity contribution in [3.8, 4) is 5.75 Å². The predicted molar refractivity (Wildman–Crippen MR) is 182 cm³/mol. The highest BCUT2D eigenvalue weighted by Gasteiger charge is 2.21. The molecule has 0 unspecified atom stereocenters. The number of nitrogens with one attached hydrogen (secondary N) is 2. The van der Waals surface area contributed by atoms with Gasteiger partial charge in [-0.1, -0.05) is 57.0 Å². The molecule has 0 saturated carbocycles. The van der Waals surface area contributed by atoms with Gasteiger partial charge in [0.1, 0.15) is 0 Å². The molecule has 43 heavy (non-hydrogen) atoms. The van der Waals surface area contributed by atoms with E-state index in [1.165, 1.54) is 17.0 Å². The molecule has 0 aliphatic heterocycles. The molecule has 3 aromatic carbocycles. The quantitative estimate of drug-likeness (QED) is 0.0689. The summed E-state index contributed by atoms with van der Waals surface area (Å²) in [6, 6.07) is 18.8. The van der Waals surface area contributed by atoms with Crippen LogP contribution in [0.4, 0.5) is 22.7 Å². The first-order valence-corrected chi connectivity index (χ1v) is 15.1. The van der Waals surface area contributed by atoms with Crippen LogP contribution in [0.25, 0.3) is 0 Å². The Labute approximate surface area is 259 Å². The number of allylic oxidation sites excluding steroid dienone is 1. The first-order chi connectivity index (χ1) is 20.4. The van der Waals surface area contributed by atoms with Crippen LogP contribution in [0.15, 0.2) is 84.3 Å². The van der Waals surface area contributed by atoms with E-state index in [1.807, 2.05) is 61.7 Å². The van der Waals surface area contributed by atoms with Crippen molar-refractivity contribution in [2.45, 2.75) is 39.5 Å². The third kappa shape index (κ3) is 8.68. The lowest BCUT2D eigenvalue weighted by atomic mass is 9.86. The van der Waals surface area contributed by atoms with Crippen molar-refractivity contribution >= 4 is 40.6 Å². The molecule has 0 aromatic heterocycles. The van der Waals surface area contributed by atoms with Gasteiger partial charge in [0.05, 0.1) is 35.6 Å². The predicted octanol–water partition coefficient (Wildman–Crippen LogP) is 5.34. The number of rotatable bonds is 12. The zero-order valence-corrected chi connectivity index (χ0v) is 26.6. The number of hydrogen-bond acceptors (Lipinski definition) is 10. The third-order valence-corrected chi connectivity index (χ3v) is 7.16. The number of hydrogen-bond donors (Lipinski definition) is 6. The second-order valence-electron chi connectivity index (χ2n) is 11.0. The van der Waals surface area contributed by atoms with Crippen LogP contribution in [0.5, 0.6) is 5.75 Å². The van der Waals surface area contributed by atoms with E-state index >= 15 is 0 Å². The minimum absolute atomic E-state index is 0.148. The number of para-hydroxylation sites is 1. The number of anilines is 4. The van der Waals surface area contributed by atoms with Crippen molar-refractivity contribution in [1.82, 2.24) is 0 Å². The molecule has 230 valence electrons. The van der Waals surface area contributed by atoms with Gasteiger partial charge in [0, 0.05) is 30.1 Å². The SMILES string of the molecule is COc1c(NSC)cc(C(C)(C)C)cc1NC(=O)c1ccc(C)c(N(N)/C=C(N)/C=C(\CCN)N(N)c2ccccc2)c1. The average Bonchev–Trinajstić information content (AvgIpc) is 2.96. The molecule has 1 amide bonds. The fourth-order valence-corrected chi connectivity index (χ4v) is 4.78. The number of carbonyl (C=O) groups excluding carboxylic acids is 1. The maximum Gasteiger partial charge on any atom is 0.255 e. The van der Waals surface area contributed by atoms with E-state index in [1.54, 1.807) is 36.5 Å². The molecule has 0 aliphatic carbocycles. The molecular weight excluding hydrogens is 560 g/mol. The molecule has 0 aliphatic rings. The Balaban J connectivity index is 1.91. The van der Waals surface area contributed by atoms with Crippen LogP contribution >= 0.6 is 11.9 Å². The largest absolute Gasteiger partial charge is 0.492 e. The summed E-state index contributed by atoms with van der Waals surface area (Å²) in [6.45, 7) is 8.65. The van der Waals surface area contributed by atoms with Crippen LogP contribution in [0.1, 0.15) is 48.7 Å². The van der Waals surface area contributed by atoms with Gasteiger partial charge in [-0.15, -0.1) is 0 Å². The molecular formula is C32H44N8O2S. The van der Waals surface area contributed by atoms with Crippen LogP contribution in [-0.4, -0.2) is 25.8 Å². The van der Waals surface area contributed by atoms with Gasteiger partial charge in [-0.2, -0.15) is 0 Å². The van der Waals surface area contributed by atoms with Crippen molar-refractivity contribution < 1.29 is 9.53 Å². The van der Waals surface area contributed by atoms with E-state index in [-0.39, 0.29) is 11.3 Å². The summed E-state index contributed by atoms with van der Waals surface area (Å²) >= 11 is 1.45. The topological polar surface area (TPSA) is 161 Å². The normalized spacial score (nSPS) is 12.1. The van der Waals surface area contributed by atoms with Crippen molar-refractivity contribution in [3.05, 3.63) is 101 Å². The monoisotopic (exact) mass is 604 g/mol. The van der Waals surface area contributed by atoms with Crippen LogP contribution in [-0.2, 0) is 5.41 Å². The summed E-state index contributed by atoms with van der Waals surface area (Å²) in [5, 5.41) is 5.97. The molecule has 0 bridgehead atoms. The number of nitrogens with zero attached hydrogens (tertiary/aromatic N) is 2. The van der Waals surface area contributed by atoms with Crippen LogP contribution in [0.2, 0.25) is 0 Å². The highest BCUT2D eigenvalue weighted by atomic mass is 32.2. The molecule has 0 spiro atoms. The Morgan fingerprint density at radius 2 is 1.72 bits per heavy atom. The van der Waals surface area contributed by atoms with Gasteiger partial charge in [-0.25, -0.2) is 11.7 Å². The van der Waals surface area contributed by atoms with Crippen molar-refractivity contribution in [3.63, 3.8) is 0 Å². The summed E-state index contributed by atoms with van der Waals surface area (Å²) in [5.41, 5.74) is 18.2. The van der Waals surface area contributed by atoms with Crippen molar-refractivity contribution in [1.29, 1.82) is 0 Å². The van der Waals surface area contributed by atoms with Gasteiger partial charge in [0.25, 0.3) is 5.91 Å². The number of aryl methyl sites for hydroxylation is 1. The zero-order chi connectivity index (χ0) is 31.7. The number of benzene rings is 3. The van der Waals surface area contributed by atoms with E-state index < -0.39 is 0 Å². The Bertz CT molecular complexity index is 1470. The standard InChI is InChI=1S/C32H44N8O2S/c1-21-12-13-22(31(41)37-27-17-23(32(2,3)4)18-28(38-43-6)30(27)42-5)16-29(21)39(35)20-24(34)19-26(14-15-33)40(36)25-10-8-7-9-11-25/h7-13,16-20,38H,14-15,33-36H2,1-6H3,(H,37,41)/b24-20-,26-19+. The van der Waals surface area contributed by atoms with E-state index in [0.29, 0.717) is 41.4 Å². The summed E-state index contributed by atoms with van der Waals surface area (Å²) < 4.78 is 8.94. The van der Waals surface area contributed by atoms with Crippen LogP contribution in [0, 0.1) is 6.92 Å². The number of amides is 1. The highest BCUT2D eigenvalue weighted by molar-refractivity contribution is 7.99. The molecule has 0 saturated heterocycles. The van der Waals surface area contributed by atoms with E-state index in [2.05, 4.69) is 30.8 Å². The van der Waals surface area contributed by atoms with E-state index in [0.717, 1.165) is 28.2 Å². The molecule has 3 aromatic rings. The highest BCUT2D eigenvalue weighted by Crippen LogP contribution is 2.39. The van der Waals surface area contributed by atoms with Gasteiger partial charge >= 0.3 is 0 Å².